The monoisotopic (exact) mass is 587 g/mol. The van der Waals surface area contributed by atoms with Crippen LogP contribution in [0, 0.1) is 5.82 Å². The number of nitrogens with zero attached hydrogens (tertiary/aromatic N) is 3. The molecule has 1 aromatic heterocycles. The zero-order valence-corrected chi connectivity index (χ0v) is 23.6. The van der Waals surface area contributed by atoms with Gasteiger partial charge in [0.2, 0.25) is 26.6 Å². The van der Waals surface area contributed by atoms with Gasteiger partial charge in [0, 0.05) is 31.2 Å². The van der Waals surface area contributed by atoms with Crippen LogP contribution in [-0.4, -0.2) is 44.5 Å². The largest absolute Gasteiger partial charge is 0.419 e. The van der Waals surface area contributed by atoms with E-state index in [0.29, 0.717) is 31.2 Å². The lowest BCUT2D eigenvalue weighted by molar-refractivity contribution is 0.209. The lowest BCUT2D eigenvalue weighted by atomic mass is 9.96. The molecule has 1 aliphatic rings. The number of rotatable bonds is 7. The SMILES string of the molecule is O=S(=O)(c1ccc(Cl)cc1)c1nc(-c2ccccc2F)oc1N1CCN(C(c2ccccc2)c2ccccc2)CC1. The van der Waals surface area contributed by atoms with E-state index in [-0.39, 0.29) is 33.3 Å². The van der Waals surface area contributed by atoms with Crippen LogP contribution < -0.4 is 4.90 Å². The van der Waals surface area contributed by atoms with Crippen molar-refractivity contribution in [3.05, 3.63) is 131 Å². The summed E-state index contributed by atoms with van der Waals surface area (Å²) in [6.07, 6.45) is 0. The third kappa shape index (κ3) is 5.51. The van der Waals surface area contributed by atoms with E-state index in [2.05, 4.69) is 34.1 Å². The fourth-order valence-electron chi connectivity index (χ4n) is 5.22. The Morgan fingerprint density at radius 2 is 1.32 bits per heavy atom. The van der Waals surface area contributed by atoms with E-state index in [1.807, 2.05) is 41.3 Å². The minimum atomic E-state index is -4.09. The van der Waals surface area contributed by atoms with E-state index in [1.54, 1.807) is 12.1 Å². The molecule has 0 spiro atoms. The van der Waals surface area contributed by atoms with Crippen LogP contribution >= 0.6 is 11.6 Å². The number of hydrogen-bond acceptors (Lipinski definition) is 6. The highest BCUT2D eigenvalue weighted by Gasteiger charge is 2.34. The molecule has 1 fully saturated rings. The molecule has 5 aromatic rings. The summed E-state index contributed by atoms with van der Waals surface area (Å²) in [5, 5.41) is 0.174. The Labute approximate surface area is 243 Å². The molecule has 0 amide bonds. The molecule has 1 aliphatic heterocycles. The Morgan fingerprint density at radius 3 is 1.90 bits per heavy atom. The third-order valence-electron chi connectivity index (χ3n) is 7.26. The van der Waals surface area contributed by atoms with Crippen molar-refractivity contribution < 1.29 is 17.2 Å². The van der Waals surface area contributed by atoms with Crippen LogP contribution in [0.15, 0.2) is 124 Å². The second kappa shape index (κ2) is 11.5. The fourth-order valence-corrected chi connectivity index (χ4v) is 6.66. The van der Waals surface area contributed by atoms with Crippen molar-refractivity contribution in [1.29, 1.82) is 0 Å². The quantitative estimate of drug-likeness (QED) is 0.207. The van der Waals surface area contributed by atoms with Gasteiger partial charge in [-0.25, -0.2) is 12.8 Å². The average Bonchev–Trinajstić information content (AvgIpc) is 3.46. The van der Waals surface area contributed by atoms with E-state index >= 15 is 0 Å². The minimum absolute atomic E-state index is 0.0309. The van der Waals surface area contributed by atoms with Crippen molar-refractivity contribution in [2.75, 3.05) is 31.1 Å². The van der Waals surface area contributed by atoms with Gasteiger partial charge >= 0.3 is 0 Å². The molecule has 4 aromatic carbocycles. The Bertz CT molecular complexity index is 1700. The van der Waals surface area contributed by atoms with Crippen molar-refractivity contribution in [2.45, 2.75) is 16.0 Å². The van der Waals surface area contributed by atoms with E-state index < -0.39 is 15.7 Å². The number of aromatic nitrogens is 1. The standard InChI is InChI=1S/C32H27ClFN3O3S/c33-25-15-17-26(18-16-25)41(38,39)31-32(40-30(35-31)27-13-7-8-14-28(27)34)37-21-19-36(20-22-37)29(23-9-3-1-4-10-23)24-11-5-2-6-12-24/h1-18,29H,19-22H2. The number of benzene rings is 4. The molecule has 9 heteroatoms. The van der Waals surface area contributed by atoms with E-state index in [1.165, 1.54) is 47.5 Å². The summed E-state index contributed by atoms with van der Waals surface area (Å²) in [7, 11) is -4.09. The van der Waals surface area contributed by atoms with E-state index in [4.69, 9.17) is 16.0 Å². The molecular formula is C32H27ClFN3O3S. The molecule has 208 valence electrons. The lowest BCUT2D eigenvalue weighted by Crippen LogP contribution is -2.48. The zero-order chi connectivity index (χ0) is 28.4. The van der Waals surface area contributed by atoms with Crippen molar-refractivity contribution in [1.82, 2.24) is 9.88 Å². The lowest BCUT2D eigenvalue weighted by Gasteiger charge is -2.39. The number of anilines is 1. The number of halogens is 2. The summed E-state index contributed by atoms with van der Waals surface area (Å²) in [5.74, 6) is -0.525. The van der Waals surface area contributed by atoms with Gasteiger partial charge in [0.15, 0.2) is 0 Å². The molecule has 0 bridgehead atoms. The first-order valence-electron chi connectivity index (χ1n) is 13.3. The van der Waals surface area contributed by atoms with Crippen LogP contribution in [0.4, 0.5) is 10.3 Å². The van der Waals surface area contributed by atoms with Crippen molar-refractivity contribution >= 4 is 27.3 Å². The van der Waals surface area contributed by atoms with E-state index in [0.717, 1.165) is 0 Å². The second-order valence-electron chi connectivity index (χ2n) is 9.81. The first kappa shape index (κ1) is 27.2. The van der Waals surface area contributed by atoms with Crippen LogP contribution in [0.3, 0.4) is 0 Å². The number of sulfone groups is 1. The Balaban J connectivity index is 1.35. The summed E-state index contributed by atoms with van der Waals surface area (Å²) in [5.41, 5.74) is 2.46. The normalized spacial score (nSPS) is 14.5. The molecule has 1 saturated heterocycles. The predicted octanol–water partition coefficient (Wildman–Crippen LogP) is 6.88. The highest BCUT2D eigenvalue weighted by Crippen LogP contribution is 2.37. The smallest absolute Gasteiger partial charge is 0.236 e. The van der Waals surface area contributed by atoms with Gasteiger partial charge in [-0.2, -0.15) is 4.98 Å². The molecule has 0 radical (unpaired) electrons. The van der Waals surface area contributed by atoms with Crippen LogP contribution in [0.2, 0.25) is 5.02 Å². The Kier molecular flexibility index (Phi) is 7.62. The molecule has 0 unspecified atom stereocenters. The van der Waals surface area contributed by atoms with Crippen LogP contribution in [0.25, 0.3) is 11.5 Å². The third-order valence-corrected chi connectivity index (χ3v) is 9.18. The summed E-state index contributed by atoms with van der Waals surface area (Å²) < 4.78 is 48.3. The highest BCUT2D eigenvalue weighted by molar-refractivity contribution is 7.91. The van der Waals surface area contributed by atoms with Crippen molar-refractivity contribution in [3.8, 4) is 11.5 Å². The number of oxazole rings is 1. The van der Waals surface area contributed by atoms with E-state index in [9.17, 15) is 12.8 Å². The van der Waals surface area contributed by atoms with Crippen molar-refractivity contribution in [3.63, 3.8) is 0 Å². The summed E-state index contributed by atoms with van der Waals surface area (Å²) >= 11 is 6.01. The maximum absolute atomic E-state index is 14.7. The van der Waals surface area contributed by atoms with Gasteiger partial charge in [-0.15, -0.1) is 0 Å². The van der Waals surface area contributed by atoms with Gasteiger partial charge < -0.3 is 9.32 Å². The molecule has 0 saturated carbocycles. The minimum Gasteiger partial charge on any atom is -0.419 e. The van der Waals surface area contributed by atoms with Gasteiger partial charge in [-0.1, -0.05) is 84.4 Å². The summed E-state index contributed by atoms with van der Waals surface area (Å²) in [6, 6.07) is 32.6. The van der Waals surface area contributed by atoms with Gasteiger partial charge in [-0.3, -0.25) is 4.90 Å². The topological polar surface area (TPSA) is 66.7 Å². The van der Waals surface area contributed by atoms with Gasteiger partial charge in [0.05, 0.1) is 16.5 Å². The highest BCUT2D eigenvalue weighted by atomic mass is 35.5. The summed E-state index contributed by atoms with van der Waals surface area (Å²) in [4.78, 5) is 8.64. The van der Waals surface area contributed by atoms with Gasteiger partial charge in [0.1, 0.15) is 5.82 Å². The van der Waals surface area contributed by atoms with Gasteiger partial charge in [-0.05, 0) is 47.5 Å². The molecule has 0 N–H and O–H groups in total. The molecule has 0 atom stereocenters. The molecule has 2 heterocycles. The fraction of sp³-hybridized carbons (Fsp3) is 0.156. The van der Waals surface area contributed by atoms with Crippen LogP contribution in [0.1, 0.15) is 17.2 Å². The van der Waals surface area contributed by atoms with Crippen LogP contribution in [-0.2, 0) is 9.84 Å². The molecule has 6 nitrogen and oxygen atoms in total. The first-order valence-corrected chi connectivity index (χ1v) is 15.1. The van der Waals surface area contributed by atoms with Crippen LogP contribution in [0.5, 0.6) is 0 Å². The number of hydrogen-bond donors (Lipinski definition) is 0. The molecular weight excluding hydrogens is 561 g/mol. The Morgan fingerprint density at radius 1 is 0.756 bits per heavy atom. The maximum Gasteiger partial charge on any atom is 0.236 e. The Hall–Kier alpha value is -3.98. The summed E-state index contributed by atoms with van der Waals surface area (Å²) in [6.45, 7) is 2.27. The zero-order valence-electron chi connectivity index (χ0n) is 22.0. The average molecular weight is 588 g/mol. The van der Waals surface area contributed by atoms with Crippen molar-refractivity contribution in [2.24, 2.45) is 0 Å². The predicted molar refractivity (Wildman–Crippen MR) is 157 cm³/mol. The van der Waals surface area contributed by atoms with Gasteiger partial charge in [0.25, 0.3) is 0 Å². The molecule has 0 aliphatic carbocycles. The molecule has 41 heavy (non-hydrogen) atoms. The second-order valence-corrected chi connectivity index (χ2v) is 12.1. The number of piperazine rings is 1. The molecule has 6 rings (SSSR count). The maximum atomic E-state index is 14.7. The first-order chi connectivity index (χ1) is 19.9.